The maximum atomic E-state index is 5.76. The van der Waals surface area contributed by atoms with Crippen LogP contribution in [0.25, 0.3) is 10.8 Å². The van der Waals surface area contributed by atoms with Gasteiger partial charge in [-0.25, -0.2) is 0 Å². The van der Waals surface area contributed by atoms with E-state index < -0.39 is 0 Å². The number of rotatable bonds is 4. The van der Waals surface area contributed by atoms with Crippen LogP contribution in [0.15, 0.2) is 60.7 Å². The van der Waals surface area contributed by atoms with Crippen molar-refractivity contribution in [1.29, 1.82) is 0 Å². The van der Waals surface area contributed by atoms with Gasteiger partial charge in [0.05, 0.1) is 11.7 Å². The molecule has 3 nitrogen and oxygen atoms in total. The fourth-order valence-electron chi connectivity index (χ4n) is 2.70. The average molecular weight is 277 g/mol. The standard InChI is InChI=1S/C18H19N3/c1-13-6-4-11-17(20-13)18(21-19)12-15-9-5-8-14-7-2-3-10-16(14)15/h2-11,18,21H,12,19H2,1H3. The van der Waals surface area contributed by atoms with Crippen molar-refractivity contribution in [2.24, 2.45) is 5.84 Å². The Labute approximate surface area is 124 Å². The Balaban J connectivity index is 1.96. The second-order valence-electron chi connectivity index (χ2n) is 5.27. The Morgan fingerprint density at radius 2 is 1.76 bits per heavy atom. The number of nitrogens with one attached hydrogen (secondary N) is 1. The van der Waals surface area contributed by atoms with E-state index in [-0.39, 0.29) is 6.04 Å². The van der Waals surface area contributed by atoms with Crippen LogP contribution in [0, 0.1) is 6.92 Å². The predicted molar refractivity (Wildman–Crippen MR) is 86.7 cm³/mol. The molecule has 3 heteroatoms. The monoisotopic (exact) mass is 277 g/mol. The zero-order chi connectivity index (χ0) is 14.7. The Morgan fingerprint density at radius 1 is 1.00 bits per heavy atom. The van der Waals surface area contributed by atoms with Gasteiger partial charge < -0.3 is 0 Å². The lowest BCUT2D eigenvalue weighted by Crippen LogP contribution is -2.30. The molecule has 1 atom stereocenters. The number of fused-ring (bicyclic) bond motifs is 1. The summed E-state index contributed by atoms with van der Waals surface area (Å²) in [5.41, 5.74) is 6.16. The Bertz CT molecular complexity index is 747. The van der Waals surface area contributed by atoms with E-state index in [2.05, 4.69) is 52.9 Å². The molecular formula is C18H19N3. The smallest absolute Gasteiger partial charge is 0.0672 e. The molecule has 1 aromatic heterocycles. The van der Waals surface area contributed by atoms with Gasteiger partial charge in [-0.2, -0.15) is 0 Å². The van der Waals surface area contributed by atoms with Crippen LogP contribution in [0.5, 0.6) is 0 Å². The van der Waals surface area contributed by atoms with Crippen LogP contribution < -0.4 is 11.3 Å². The van der Waals surface area contributed by atoms with Crippen LogP contribution in [0.2, 0.25) is 0 Å². The number of hydrogen-bond donors (Lipinski definition) is 2. The summed E-state index contributed by atoms with van der Waals surface area (Å²) in [6.07, 6.45) is 0.814. The first-order valence-corrected chi connectivity index (χ1v) is 7.14. The van der Waals surface area contributed by atoms with Gasteiger partial charge >= 0.3 is 0 Å². The van der Waals surface area contributed by atoms with E-state index in [4.69, 9.17) is 5.84 Å². The highest BCUT2D eigenvalue weighted by Gasteiger charge is 2.13. The first-order chi connectivity index (χ1) is 10.3. The summed E-state index contributed by atoms with van der Waals surface area (Å²) in [5.74, 6) is 5.76. The van der Waals surface area contributed by atoms with Gasteiger partial charge in [0.2, 0.25) is 0 Å². The molecule has 2 aromatic carbocycles. The first kappa shape index (κ1) is 13.7. The van der Waals surface area contributed by atoms with Gasteiger partial charge in [0.25, 0.3) is 0 Å². The Hall–Kier alpha value is -2.23. The minimum absolute atomic E-state index is 0.00991. The van der Waals surface area contributed by atoms with Crippen molar-refractivity contribution >= 4 is 10.8 Å². The van der Waals surface area contributed by atoms with E-state index in [1.54, 1.807) is 0 Å². The molecule has 0 aliphatic heterocycles. The van der Waals surface area contributed by atoms with Crippen molar-refractivity contribution in [3.8, 4) is 0 Å². The predicted octanol–water partition coefficient (Wildman–Crippen LogP) is 3.29. The molecular weight excluding hydrogens is 258 g/mol. The maximum Gasteiger partial charge on any atom is 0.0672 e. The molecule has 0 bridgehead atoms. The zero-order valence-electron chi connectivity index (χ0n) is 12.1. The summed E-state index contributed by atoms with van der Waals surface area (Å²) in [5, 5.41) is 2.52. The highest BCUT2D eigenvalue weighted by molar-refractivity contribution is 5.85. The molecule has 0 spiro atoms. The third-order valence-corrected chi connectivity index (χ3v) is 3.77. The second-order valence-corrected chi connectivity index (χ2v) is 5.27. The van der Waals surface area contributed by atoms with Crippen LogP contribution in [0.1, 0.15) is 23.0 Å². The van der Waals surface area contributed by atoms with Crippen LogP contribution >= 0.6 is 0 Å². The van der Waals surface area contributed by atoms with Crippen molar-refractivity contribution in [1.82, 2.24) is 10.4 Å². The van der Waals surface area contributed by atoms with E-state index in [1.165, 1.54) is 16.3 Å². The molecule has 1 heterocycles. The molecule has 1 unspecified atom stereocenters. The number of aryl methyl sites for hydroxylation is 1. The van der Waals surface area contributed by atoms with Crippen molar-refractivity contribution in [3.05, 3.63) is 77.6 Å². The summed E-state index contributed by atoms with van der Waals surface area (Å²) in [4.78, 5) is 4.58. The van der Waals surface area contributed by atoms with Gasteiger partial charge in [-0.1, -0.05) is 48.5 Å². The molecule has 0 radical (unpaired) electrons. The lowest BCUT2D eigenvalue weighted by atomic mass is 9.97. The molecule has 3 rings (SSSR count). The second kappa shape index (κ2) is 6.04. The summed E-state index contributed by atoms with van der Waals surface area (Å²) in [6, 6.07) is 20.8. The molecule has 0 amide bonds. The van der Waals surface area contributed by atoms with Crippen LogP contribution in [-0.4, -0.2) is 4.98 Å². The van der Waals surface area contributed by atoms with Crippen molar-refractivity contribution in [3.63, 3.8) is 0 Å². The highest BCUT2D eigenvalue weighted by atomic mass is 15.2. The third-order valence-electron chi connectivity index (χ3n) is 3.77. The van der Waals surface area contributed by atoms with Gasteiger partial charge in [0.15, 0.2) is 0 Å². The molecule has 106 valence electrons. The highest BCUT2D eigenvalue weighted by Crippen LogP contribution is 2.23. The number of pyridine rings is 1. The first-order valence-electron chi connectivity index (χ1n) is 7.14. The Kier molecular flexibility index (Phi) is 3.95. The molecule has 0 aliphatic rings. The molecule has 3 aromatic rings. The number of nitrogens with two attached hydrogens (primary N) is 1. The van der Waals surface area contributed by atoms with E-state index >= 15 is 0 Å². The van der Waals surface area contributed by atoms with Gasteiger partial charge in [-0.05, 0) is 41.8 Å². The summed E-state index contributed by atoms with van der Waals surface area (Å²) in [6.45, 7) is 2.00. The minimum Gasteiger partial charge on any atom is -0.271 e. The third kappa shape index (κ3) is 2.94. The van der Waals surface area contributed by atoms with Crippen LogP contribution in [-0.2, 0) is 6.42 Å². The Morgan fingerprint density at radius 3 is 2.57 bits per heavy atom. The lowest BCUT2D eigenvalue weighted by Gasteiger charge is -2.17. The average Bonchev–Trinajstić information content (AvgIpc) is 2.52. The number of hydrogen-bond acceptors (Lipinski definition) is 3. The van der Waals surface area contributed by atoms with E-state index in [1.807, 2.05) is 25.1 Å². The summed E-state index contributed by atoms with van der Waals surface area (Å²) >= 11 is 0. The normalized spacial score (nSPS) is 12.5. The lowest BCUT2D eigenvalue weighted by molar-refractivity contribution is 0.539. The molecule has 0 saturated carbocycles. The van der Waals surface area contributed by atoms with Crippen molar-refractivity contribution in [2.75, 3.05) is 0 Å². The van der Waals surface area contributed by atoms with E-state index in [0.717, 1.165) is 17.8 Å². The van der Waals surface area contributed by atoms with E-state index in [9.17, 15) is 0 Å². The molecule has 3 N–H and O–H groups in total. The summed E-state index contributed by atoms with van der Waals surface area (Å²) < 4.78 is 0. The van der Waals surface area contributed by atoms with Gasteiger partial charge in [0.1, 0.15) is 0 Å². The quantitative estimate of drug-likeness (QED) is 0.568. The molecule has 0 fully saturated rings. The molecule has 0 aliphatic carbocycles. The van der Waals surface area contributed by atoms with Crippen LogP contribution in [0.4, 0.5) is 0 Å². The number of nitrogens with zero attached hydrogens (tertiary/aromatic N) is 1. The van der Waals surface area contributed by atoms with Crippen molar-refractivity contribution in [2.45, 2.75) is 19.4 Å². The van der Waals surface area contributed by atoms with Gasteiger partial charge in [-0.3, -0.25) is 16.3 Å². The molecule has 21 heavy (non-hydrogen) atoms. The SMILES string of the molecule is Cc1cccc(C(Cc2cccc3ccccc23)NN)n1. The zero-order valence-corrected chi connectivity index (χ0v) is 12.1. The number of hydrazine groups is 1. The number of aromatic nitrogens is 1. The van der Waals surface area contributed by atoms with Gasteiger partial charge in [-0.15, -0.1) is 0 Å². The fraction of sp³-hybridized carbons (Fsp3) is 0.167. The van der Waals surface area contributed by atoms with E-state index in [0.29, 0.717) is 0 Å². The maximum absolute atomic E-state index is 5.76. The largest absolute Gasteiger partial charge is 0.271 e. The fourth-order valence-corrected chi connectivity index (χ4v) is 2.70. The minimum atomic E-state index is 0.00991. The van der Waals surface area contributed by atoms with Crippen molar-refractivity contribution < 1.29 is 0 Å². The topological polar surface area (TPSA) is 50.9 Å². The molecule has 0 saturated heterocycles. The summed E-state index contributed by atoms with van der Waals surface area (Å²) in [7, 11) is 0. The number of benzene rings is 2. The van der Waals surface area contributed by atoms with Gasteiger partial charge in [0, 0.05) is 5.69 Å². The van der Waals surface area contributed by atoms with Crippen LogP contribution in [0.3, 0.4) is 0 Å².